The molecule has 0 aliphatic heterocycles. The van der Waals surface area contributed by atoms with Crippen molar-refractivity contribution in [3.63, 3.8) is 0 Å². The van der Waals surface area contributed by atoms with Crippen molar-refractivity contribution >= 4 is 5.97 Å². The Kier molecular flexibility index (Phi) is 22.1. The van der Waals surface area contributed by atoms with Crippen LogP contribution in [0.15, 0.2) is 0 Å². The van der Waals surface area contributed by atoms with Crippen LogP contribution in [-0.4, -0.2) is 19.1 Å². The third-order valence-electron chi connectivity index (χ3n) is 3.43. The second kappa shape index (κ2) is 19.4. The topological polar surface area (TPSA) is 52.3 Å². The van der Waals surface area contributed by atoms with Crippen LogP contribution in [0, 0.1) is 0 Å². The molecule has 0 aliphatic carbocycles. The number of hydrogen-bond donors (Lipinski definition) is 1. The maximum absolute atomic E-state index is 10.8. The molecule has 0 saturated carbocycles. The van der Waals surface area contributed by atoms with E-state index in [0.717, 1.165) is 12.8 Å². The summed E-state index contributed by atoms with van der Waals surface area (Å²) in [6.45, 7) is 2.79. The third-order valence-corrected chi connectivity index (χ3v) is 3.43. The second-order valence-corrected chi connectivity index (χ2v) is 5.31. The predicted molar refractivity (Wildman–Crippen MR) is 82.2 cm³/mol. The van der Waals surface area contributed by atoms with Gasteiger partial charge < -0.3 is 11.9 Å². The largest absolute Gasteiger partial charge is 1.00 e. The van der Waals surface area contributed by atoms with E-state index in [-0.39, 0.29) is 43.5 Å². The van der Waals surface area contributed by atoms with E-state index in [9.17, 15) is 4.79 Å². The maximum Gasteiger partial charge on any atom is 1.00 e. The van der Waals surface area contributed by atoms with Crippen LogP contribution >= 0.6 is 0 Å². The summed E-state index contributed by atoms with van der Waals surface area (Å²) in [6.07, 6.45) is 15.8. The van der Waals surface area contributed by atoms with Crippen molar-refractivity contribution in [3.05, 3.63) is 0 Å². The zero-order valence-corrected chi connectivity index (χ0v) is 15.8. The van der Waals surface area contributed by atoms with Gasteiger partial charge in [0.15, 0.2) is 0 Å². The van der Waals surface area contributed by atoms with Gasteiger partial charge >= 0.3 is 35.5 Å². The molecule has 4 heteroatoms. The molecular weight excluding hydrogens is 261 g/mol. The van der Waals surface area contributed by atoms with E-state index in [1.807, 2.05) is 0 Å². The van der Waals surface area contributed by atoms with Gasteiger partial charge in [-0.1, -0.05) is 77.6 Å². The van der Waals surface area contributed by atoms with Crippen molar-refractivity contribution in [2.75, 3.05) is 13.2 Å². The van der Waals surface area contributed by atoms with Gasteiger partial charge in [0.25, 0.3) is 0 Å². The van der Waals surface area contributed by atoms with E-state index in [0.29, 0.717) is 6.61 Å². The normalized spacial score (nSPS) is 10.1. The molecular formula is C16H34NNaO2. The summed E-state index contributed by atoms with van der Waals surface area (Å²) < 4.78 is 4.92. The zero-order valence-electron chi connectivity index (χ0n) is 14.8. The summed E-state index contributed by atoms with van der Waals surface area (Å²) in [7, 11) is 0. The molecule has 0 radical (unpaired) electrons. The summed E-state index contributed by atoms with van der Waals surface area (Å²) >= 11 is 0. The van der Waals surface area contributed by atoms with Gasteiger partial charge in [-0.15, -0.1) is 0 Å². The average molecular weight is 295 g/mol. The Labute approximate surface area is 149 Å². The van der Waals surface area contributed by atoms with Crippen LogP contribution in [0.5, 0.6) is 0 Å². The number of nitrogens with two attached hydrogens (primary N) is 1. The second-order valence-electron chi connectivity index (χ2n) is 5.31. The molecule has 0 unspecified atom stereocenters. The molecule has 0 spiro atoms. The van der Waals surface area contributed by atoms with Crippen LogP contribution in [0.2, 0.25) is 0 Å². The quantitative estimate of drug-likeness (QED) is 0.299. The van der Waals surface area contributed by atoms with Gasteiger partial charge in [-0.3, -0.25) is 4.79 Å². The number of unbranched alkanes of at least 4 members (excludes halogenated alkanes) is 11. The molecule has 0 rings (SSSR count). The van der Waals surface area contributed by atoms with Crippen molar-refractivity contribution in [2.24, 2.45) is 5.73 Å². The fraction of sp³-hybridized carbons (Fsp3) is 0.938. The van der Waals surface area contributed by atoms with Gasteiger partial charge in [0, 0.05) is 0 Å². The zero-order chi connectivity index (χ0) is 14.2. The van der Waals surface area contributed by atoms with Gasteiger partial charge in [0.2, 0.25) is 0 Å². The summed E-state index contributed by atoms with van der Waals surface area (Å²) in [6, 6.07) is 0. The molecule has 20 heavy (non-hydrogen) atoms. The Hall–Kier alpha value is 0.430. The number of carbonyl (C=O) groups excluding carboxylic acids is 1. The standard InChI is InChI=1S/C16H33NO2.Na.H/c1-2-3-4-5-6-7-8-9-10-11-12-13-14-19-16(18)15-17;;/h2-15,17H2,1H3;;/q;+1;-1. The van der Waals surface area contributed by atoms with E-state index in [1.165, 1.54) is 64.2 Å². The SMILES string of the molecule is CCCCCCCCCCCCCCOC(=O)CN.[H-].[Na+]. The molecule has 0 saturated heterocycles. The Morgan fingerprint density at radius 1 is 0.850 bits per heavy atom. The molecule has 0 fully saturated rings. The molecule has 116 valence electrons. The smallest absolute Gasteiger partial charge is 1.00 e. The molecule has 0 aromatic carbocycles. The van der Waals surface area contributed by atoms with E-state index < -0.39 is 0 Å². The van der Waals surface area contributed by atoms with Gasteiger partial charge in [-0.05, 0) is 6.42 Å². The number of esters is 1. The minimum Gasteiger partial charge on any atom is -1.00 e. The number of carbonyl (C=O) groups is 1. The first-order valence-electron chi connectivity index (χ1n) is 8.17. The Balaban J connectivity index is -0.00000162. The van der Waals surface area contributed by atoms with Crippen molar-refractivity contribution in [3.8, 4) is 0 Å². The molecule has 0 amide bonds. The molecule has 3 nitrogen and oxygen atoms in total. The van der Waals surface area contributed by atoms with E-state index in [2.05, 4.69) is 6.92 Å². The molecule has 0 aliphatic rings. The third kappa shape index (κ3) is 18.4. The fourth-order valence-electron chi connectivity index (χ4n) is 2.19. The monoisotopic (exact) mass is 295 g/mol. The summed E-state index contributed by atoms with van der Waals surface area (Å²) in [5, 5.41) is 0. The number of rotatable bonds is 14. The van der Waals surface area contributed by atoms with Crippen LogP contribution in [0.25, 0.3) is 0 Å². The van der Waals surface area contributed by atoms with Crippen molar-refractivity contribution in [2.45, 2.75) is 84.0 Å². The van der Waals surface area contributed by atoms with Crippen molar-refractivity contribution < 1.29 is 40.5 Å². The van der Waals surface area contributed by atoms with Gasteiger partial charge in [-0.25, -0.2) is 0 Å². The van der Waals surface area contributed by atoms with E-state index in [1.54, 1.807) is 0 Å². The molecule has 2 N–H and O–H groups in total. The van der Waals surface area contributed by atoms with E-state index in [4.69, 9.17) is 10.5 Å². The van der Waals surface area contributed by atoms with Crippen molar-refractivity contribution in [1.29, 1.82) is 0 Å². The minimum absolute atomic E-state index is 0. The molecule has 0 heterocycles. The number of hydrogen-bond acceptors (Lipinski definition) is 3. The van der Waals surface area contributed by atoms with Crippen LogP contribution in [0.3, 0.4) is 0 Å². The first-order chi connectivity index (χ1) is 9.31. The Bertz CT molecular complexity index is 207. The molecule has 0 aromatic rings. The first kappa shape index (κ1) is 22.7. The Morgan fingerprint density at radius 2 is 1.25 bits per heavy atom. The average Bonchev–Trinajstić information content (AvgIpc) is 2.43. The van der Waals surface area contributed by atoms with Crippen LogP contribution in [0.4, 0.5) is 0 Å². The molecule has 0 atom stereocenters. The summed E-state index contributed by atoms with van der Waals surface area (Å²) in [4.78, 5) is 10.8. The predicted octanol–water partition coefficient (Wildman–Crippen LogP) is 1.31. The van der Waals surface area contributed by atoms with Gasteiger partial charge in [0.05, 0.1) is 13.2 Å². The summed E-state index contributed by atoms with van der Waals surface area (Å²) in [5.41, 5.74) is 5.14. The minimum atomic E-state index is -0.289. The Morgan fingerprint density at radius 3 is 1.65 bits per heavy atom. The van der Waals surface area contributed by atoms with Crippen molar-refractivity contribution in [1.82, 2.24) is 0 Å². The van der Waals surface area contributed by atoms with Gasteiger partial charge in [-0.2, -0.15) is 0 Å². The van der Waals surface area contributed by atoms with E-state index >= 15 is 0 Å². The molecule has 0 bridgehead atoms. The summed E-state index contributed by atoms with van der Waals surface area (Å²) in [5.74, 6) is -0.289. The van der Waals surface area contributed by atoms with Gasteiger partial charge in [0.1, 0.15) is 0 Å². The number of ether oxygens (including phenoxy) is 1. The maximum atomic E-state index is 10.8. The first-order valence-corrected chi connectivity index (χ1v) is 8.17. The van der Waals surface area contributed by atoms with Crippen LogP contribution < -0.4 is 35.3 Å². The van der Waals surface area contributed by atoms with Crippen LogP contribution in [0.1, 0.15) is 85.4 Å². The van der Waals surface area contributed by atoms with Crippen LogP contribution in [-0.2, 0) is 9.53 Å². The fourth-order valence-corrected chi connectivity index (χ4v) is 2.19. The molecule has 0 aromatic heterocycles.